The first-order chi connectivity index (χ1) is 4.70. The van der Waals surface area contributed by atoms with Crippen molar-refractivity contribution in [2.24, 2.45) is 0 Å². The molecule has 0 unspecified atom stereocenters. The van der Waals surface area contributed by atoms with Crippen molar-refractivity contribution in [2.75, 3.05) is 0 Å². The van der Waals surface area contributed by atoms with Crippen LogP contribution in [0.15, 0.2) is 24.3 Å². The van der Waals surface area contributed by atoms with Gasteiger partial charge in [0.1, 0.15) is 5.82 Å². The summed E-state index contributed by atoms with van der Waals surface area (Å²) in [6.07, 6.45) is -1.86. The highest BCUT2D eigenvalue weighted by atomic mass is 19.3. The monoisotopic (exact) mass is 145 g/mol. The van der Waals surface area contributed by atoms with E-state index in [1.807, 2.05) is 0 Å². The molecule has 1 rings (SSSR count). The zero-order valence-electron chi connectivity index (χ0n) is 4.94. The molecule has 0 spiro atoms. The highest BCUT2D eigenvalue weighted by Crippen LogP contribution is 2.17. The maximum absolute atomic E-state index is 12.2. The van der Waals surface area contributed by atoms with Crippen LogP contribution in [0, 0.1) is 12.2 Å². The molecule has 0 fully saturated rings. The van der Waals surface area contributed by atoms with E-state index in [1.165, 1.54) is 6.07 Å². The van der Waals surface area contributed by atoms with Crippen molar-refractivity contribution in [1.82, 2.24) is 0 Å². The first kappa shape index (κ1) is 7.12. The van der Waals surface area contributed by atoms with Crippen LogP contribution >= 0.6 is 0 Å². The lowest BCUT2D eigenvalue weighted by molar-refractivity contribution is 0.324. The summed E-state index contributed by atoms with van der Waals surface area (Å²) in [7, 11) is 0. The molecule has 0 aliphatic carbocycles. The second-order valence-corrected chi connectivity index (χ2v) is 1.77. The van der Waals surface area contributed by atoms with Gasteiger partial charge in [0.05, 0.1) is 0 Å². The van der Waals surface area contributed by atoms with E-state index in [1.54, 1.807) is 0 Å². The molecule has 0 aliphatic heterocycles. The summed E-state index contributed by atoms with van der Waals surface area (Å²) in [4.78, 5) is 0. The molecule has 0 atom stereocenters. The van der Waals surface area contributed by atoms with Crippen molar-refractivity contribution in [1.29, 1.82) is 0 Å². The second-order valence-electron chi connectivity index (χ2n) is 1.77. The predicted molar refractivity (Wildman–Crippen MR) is 31.0 cm³/mol. The largest absolute Gasteiger partial charge is 0.339 e. The van der Waals surface area contributed by atoms with Crippen molar-refractivity contribution >= 4 is 0 Å². The summed E-state index contributed by atoms with van der Waals surface area (Å²) < 4.78 is 35.6. The normalized spacial score (nSPS) is 10.4. The minimum Gasteiger partial charge on any atom is -0.207 e. The van der Waals surface area contributed by atoms with Gasteiger partial charge in [-0.25, -0.2) is 4.39 Å². The first-order valence-electron chi connectivity index (χ1n) is 2.64. The van der Waals surface area contributed by atoms with Crippen LogP contribution in [0.4, 0.5) is 13.2 Å². The van der Waals surface area contributed by atoms with Gasteiger partial charge >= 0.3 is 6.43 Å². The van der Waals surface area contributed by atoms with E-state index in [0.29, 0.717) is 0 Å². The minimum absolute atomic E-state index is 0.361. The molecule has 0 aromatic heterocycles. The van der Waals surface area contributed by atoms with E-state index in [9.17, 15) is 13.2 Å². The molecule has 0 heterocycles. The van der Waals surface area contributed by atoms with E-state index in [-0.39, 0.29) is 5.56 Å². The Morgan fingerprint density at radius 1 is 1.20 bits per heavy atom. The minimum atomic E-state index is -1.86. The zero-order chi connectivity index (χ0) is 7.56. The molecule has 0 N–H and O–H groups in total. The van der Waals surface area contributed by atoms with E-state index in [0.717, 1.165) is 18.2 Å². The summed E-state index contributed by atoms with van der Waals surface area (Å²) in [5.41, 5.74) is -0.361. The maximum atomic E-state index is 12.2. The molecule has 0 saturated carbocycles. The van der Waals surface area contributed by atoms with E-state index < -0.39 is 12.2 Å². The second kappa shape index (κ2) is 2.73. The molecule has 1 aromatic carbocycles. The number of rotatable bonds is 1. The van der Waals surface area contributed by atoms with Gasteiger partial charge in [0.15, 0.2) is 0 Å². The third kappa shape index (κ3) is 1.50. The third-order valence-electron chi connectivity index (χ3n) is 1.04. The third-order valence-corrected chi connectivity index (χ3v) is 1.04. The Morgan fingerprint density at radius 2 is 1.90 bits per heavy atom. The molecule has 0 amide bonds. The van der Waals surface area contributed by atoms with Crippen molar-refractivity contribution in [3.63, 3.8) is 0 Å². The van der Waals surface area contributed by atoms with Gasteiger partial charge < -0.3 is 0 Å². The molecule has 3 heteroatoms. The summed E-state index contributed by atoms with van der Waals surface area (Å²) >= 11 is 0. The summed E-state index contributed by atoms with van der Waals surface area (Å²) in [6.45, 7) is 0. The Kier molecular flexibility index (Phi) is 1.94. The predicted octanol–water partition coefficient (Wildman–Crippen LogP) is 2.60. The number of halogens is 3. The fraction of sp³-hybridized carbons (Fsp3) is 0. The average molecular weight is 145 g/mol. The highest BCUT2D eigenvalue weighted by Gasteiger charge is 2.08. The zero-order valence-corrected chi connectivity index (χ0v) is 4.94. The lowest BCUT2D eigenvalue weighted by Gasteiger charge is -1.94. The Hall–Kier alpha value is -0.990. The van der Waals surface area contributed by atoms with Gasteiger partial charge in [-0.2, -0.15) is 8.78 Å². The fourth-order valence-electron chi connectivity index (χ4n) is 0.606. The smallest absolute Gasteiger partial charge is 0.207 e. The highest BCUT2D eigenvalue weighted by molar-refractivity contribution is 5.23. The topological polar surface area (TPSA) is 0 Å². The van der Waals surface area contributed by atoms with Crippen LogP contribution in [0.25, 0.3) is 0 Å². The first-order valence-corrected chi connectivity index (χ1v) is 2.64. The molecular formula is C7H4F3. The SMILES string of the molecule is F[C](F)c1cccc(F)c1. The summed E-state index contributed by atoms with van der Waals surface area (Å²) in [6, 6.07) is 4.30. The van der Waals surface area contributed by atoms with Crippen LogP contribution in [0.5, 0.6) is 0 Å². The van der Waals surface area contributed by atoms with Crippen LogP contribution in [0.2, 0.25) is 0 Å². The van der Waals surface area contributed by atoms with Crippen LogP contribution in [0.1, 0.15) is 5.56 Å². The van der Waals surface area contributed by atoms with Crippen molar-refractivity contribution in [3.05, 3.63) is 42.1 Å². The standard InChI is InChI=1S/C7H4F3/c8-6-3-1-2-5(4-6)7(9)10/h1-4H. The van der Waals surface area contributed by atoms with Gasteiger partial charge in [-0.3, -0.25) is 0 Å². The molecule has 1 aromatic rings. The Bertz CT molecular complexity index is 220. The van der Waals surface area contributed by atoms with E-state index in [4.69, 9.17) is 0 Å². The van der Waals surface area contributed by atoms with Gasteiger partial charge in [-0.05, 0) is 12.1 Å². The summed E-state index contributed by atoms with van der Waals surface area (Å²) in [5, 5.41) is 0. The molecule has 53 valence electrons. The number of hydrogen-bond acceptors (Lipinski definition) is 0. The van der Waals surface area contributed by atoms with Crippen LogP contribution in [0.3, 0.4) is 0 Å². The average Bonchev–Trinajstić information content (AvgIpc) is 1.88. The van der Waals surface area contributed by atoms with Gasteiger partial charge in [0.2, 0.25) is 0 Å². The molecule has 1 radical (unpaired) electrons. The Morgan fingerprint density at radius 3 is 2.30 bits per heavy atom. The maximum Gasteiger partial charge on any atom is 0.339 e. The van der Waals surface area contributed by atoms with Gasteiger partial charge in [-0.15, -0.1) is 0 Å². The van der Waals surface area contributed by atoms with Gasteiger partial charge in [0.25, 0.3) is 0 Å². The van der Waals surface area contributed by atoms with Gasteiger partial charge in [0, 0.05) is 5.56 Å². The van der Waals surface area contributed by atoms with Gasteiger partial charge in [-0.1, -0.05) is 12.1 Å². The number of benzene rings is 1. The van der Waals surface area contributed by atoms with Crippen LogP contribution in [-0.2, 0) is 0 Å². The molecule has 0 saturated heterocycles. The van der Waals surface area contributed by atoms with Crippen molar-refractivity contribution in [2.45, 2.75) is 0 Å². The molecule has 0 nitrogen and oxygen atoms in total. The summed E-state index contributed by atoms with van der Waals surface area (Å²) in [5.74, 6) is -0.648. The van der Waals surface area contributed by atoms with Crippen LogP contribution in [-0.4, -0.2) is 0 Å². The fourth-order valence-corrected chi connectivity index (χ4v) is 0.606. The van der Waals surface area contributed by atoms with E-state index in [2.05, 4.69) is 0 Å². The Labute approximate surface area is 56.3 Å². The lowest BCUT2D eigenvalue weighted by atomic mass is 10.2. The lowest BCUT2D eigenvalue weighted by Crippen LogP contribution is -1.84. The quantitative estimate of drug-likeness (QED) is 0.569. The molecule has 0 bridgehead atoms. The van der Waals surface area contributed by atoms with Crippen LogP contribution < -0.4 is 0 Å². The van der Waals surface area contributed by atoms with E-state index >= 15 is 0 Å². The molecule has 0 aliphatic rings. The molecule has 10 heavy (non-hydrogen) atoms. The van der Waals surface area contributed by atoms with Crippen molar-refractivity contribution in [3.8, 4) is 0 Å². The van der Waals surface area contributed by atoms with Crippen molar-refractivity contribution < 1.29 is 13.2 Å². The Balaban J connectivity index is 2.96. The number of hydrogen-bond donors (Lipinski definition) is 0. The molecular weight excluding hydrogens is 141 g/mol.